The molecule has 6 nitrogen and oxygen atoms in total. The molecular weight excluding hydrogens is 416 g/mol. The summed E-state index contributed by atoms with van der Waals surface area (Å²) in [5, 5.41) is 3.53. The average Bonchev–Trinajstić information content (AvgIpc) is 2.76. The quantitative estimate of drug-likeness (QED) is 0.560. The van der Waals surface area contributed by atoms with Gasteiger partial charge in [0.15, 0.2) is 11.5 Å². The Morgan fingerprint density at radius 2 is 1.94 bits per heavy atom. The minimum atomic E-state index is -0.0733. The summed E-state index contributed by atoms with van der Waals surface area (Å²) in [6.45, 7) is 9.92. The monoisotopic (exact) mass is 450 g/mol. The van der Waals surface area contributed by atoms with Crippen LogP contribution in [-0.2, 0) is 9.59 Å². The molecule has 0 spiro atoms. The van der Waals surface area contributed by atoms with E-state index in [0.717, 1.165) is 12.0 Å². The Balaban J connectivity index is 1.94. The summed E-state index contributed by atoms with van der Waals surface area (Å²) in [6.07, 6.45) is 5.49. The predicted octanol–water partition coefficient (Wildman–Crippen LogP) is 4.55. The van der Waals surface area contributed by atoms with Crippen molar-refractivity contribution in [3.05, 3.63) is 28.8 Å². The maximum atomic E-state index is 12.6. The van der Waals surface area contributed by atoms with E-state index in [9.17, 15) is 9.59 Å². The molecule has 2 rings (SSSR count). The first kappa shape index (κ1) is 25.1. The van der Waals surface area contributed by atoms with E-state index < -0.39 is 0 Å². The van der Waals surface area contributed by atoms with E-state index in [1.165, 1.54) is 0 Å². The summed E-state index contributed by atoms with van der Waals surface area (Å²) in [4.78, 5) is 26.8. The van der Waals surface area contributed by atoms with E-state index in [-0.39, 0.29) is 23.8 Å². The number of hydrogen-bond donors (Lipinski definition) is 1. The number of piperidine rings is 1. The second kappa shape index (κ2) is 12.0. The zero-order chi connectivity index (χ0) is 23.0. The number of ether oxygens (including phenoxy) is 2. The van der Waals surface area contributed by atoms with Gasteiger partial charge in [0.05, 0.1) is 18.7 Å². The molecule has 0 bridgehead atoms. The first-order valence-corrected chi connectivity index (χ1v) is 11.4. The highest BCUT2D eigenvalue weighted by molar-refractivity contribution is 6.32. The molecule has 0 aromatic heterocycles. The molecule has 1 aliphatic rings. The molecule has 1 aliphatic heterocycles. The van der Waals surface area contributed by atoms with Crippen molar-refractivity contribution in [2.24, 2.45) is 11.8 Å². The lowest BCUT2D eigenvalue weighted by molar-refractivity contribution is -0.132. The van der Waals surface area contributed by atoms with Gasteiger partial charge in [0.25, 0.3) is 0 Å². The maximum Gasteiger partial charge on any atom is 0.246 e. The molecule has 0 saturated carbocycles. The van der Waals surface area contributed by atoms with E-state index in [4.69, 9.17) is 21.1 Å². The zero-order valence-electron chi connectivity index (χ0n) is 19.2. The fraction of sp³-hybridized carbons (Fsp3) is 0.583. The number of methoxy groups -OCH3 is 1. The number of carbonyl (C=O) groups is 2. The third-order valence-electron chi connectivity index (χ3n) is 5.67. The summed E-state index contributed by atoms with van der Waals surface area (Å²) in [5.41, 5.74) is 0.760. The molecule has 1 heterocycles. The summed E-state index contributed by atoms with van der Waals surface area (Å²) < 4.78 is 11.0. The van der Waals surface area contributed by atoms with Gasteiger partial charge in [-0.1, -0.05) is 32.4 Å². The lowest BCUT2D eigenvalue weighted by Gasteiger charge is -2.31. The van der Waals surface area contributed by atoms with Gasteiger partial charge >= 0.3 is 0 Å². The number of hydrogen-bond acceptors (Lipinski definition) is 4. The number of benzene rings is 1. The van der Waals surface area contributed by atoms with Crippen LogP contribution in [-0.4, -0.2) is 49.6 Å². The molecule has 0 aliphatic carbocycles. The predicted molar refractivity (Wildman–Crippen MR) is 125 cm³/mol. The molecular formula is C24H35ClN2O4. The Kier molecular flexibility index (Phi) is 9.69. The Morgan fingerprint density at radius 3 is 2.52 bits per heavy atom. The number of amides is 2. The normalized spacial score (nSPS) is 15.9. The van der Waals surface area contributed by atoms with Gasteiger partial charge in [-0.05, 0) is 55.9 Å². The SMILES string of the molecule is CCCOc1c(Cl)cc(/C=C/C(=O)N2CCC(C(=O)NC(C)C(C)C)CC2)cc1OC. The molecule has 7 heteroatoms. The van der Waals surface area contributed by atoms with Crippen molar-refractivity contribution in [3.8, 4) is 11.5 Å². The van der Waals surface area contributed by atoms with Crippen LogP contribution in [0.2, 0.25) is 5.02 Å². The van der Waals surface area contributed by atoms with Crippen LogP contribution < -0.4 is 14.8 Å². The standard InChI is InChI=1S/C24H35ClN2O4/c1-6-13-31-23-20(25)14-18(15-21(23)30-5)7-8-22(28)27-11-9-19(10-12-27)24(29)26-17(4)16(2)3/h7-8,14-17,19H,6,9-13H2,1-5H3,(H,26,29)/b8-7+. The summed E-state index contributed by atoms with van der Waals surface area (Å²) in [5.74, 6) is 1.44. The van der Waals surface area contributed by atoms with Crippen LogP contribution in [0.4, 0.5) is 0 Å². The fourth-order valence-electron chi connectivity index (χ4n) is 3.32. The molecule has 172 valence electrons. The van der Waals surface area contributed by atoms with Crippen LogP contribution in [0.5, 0.6) is 11.5 Å². The Hall–Kier alpha value is -2.21. The van der Waals surface area contributed by atoms with E-state index in [1.54, 1.807) is 36.3 Å². The van der Waals surface area contributed by atoms with Crippen molar-refractivity contribution in [3.63, 3.8) is 0 Å². The van der Waals surface area contributed by atoms with Crippen LogP contribution in [0.15, 0.2) is 18.2 Å². The Morgan fingerprint density at radius 1 is 1.26 bits per heavy atom. The molecule has 1 aromatic rings. The molecule has 31 heavy (non-hydrogen) atoms. The van der Waals surface area contributed by atoms with Gasteiger partial charge in [0.1, 0.15) is 0 Å². The van der Waals surface area contributed by atoms with Crippen LogP contribution >= 0.6 is 11.6 Å². The number of nitrogens with zero attached hydrogens (tertiary/aromatic N) is 1. The number of nitrogens with one attached hydrogen (secondary N) is 1. The lowest BCUT2D eigenvalue weighted by Crippen LogP contribution is -2.45. The van der Waals surface area contributed by atoms with Crippen molar-refractivity contribution in [2.45, 2.75) is 53.0 Å². The van der Waals surface area contributed by atoms with Gasteiger partial charge in [-0.15, -0.1) is 0 Å². The van der Waals surface area contributed by atoms with E-state index in [0.29, 0.717) is 55.0 Å². The van der Waals surface area contributed by atoms with Crippen molar-refractivity contribution < 1.29 is 19.1 Å². The third kappa shape index (κ3) is 7.17. The Labute approximate surface area is 190 Å². The van der Waals surface area contributed by atoms with E-state index >= 15 is 0 Å². The topological polar surface area (TPSA) is 67.9 Å². The third-order valence-corrected chi connectivity index (χ3v) is 5.95. The molecule has 1 saturated heterocycles. The second-order valence-corrected chi connectivity index (χ2v) is 8.76. The summed E-state index contributed by atoms with van der Waals surface area (Å²) >= 11 is 6.34. The number of halogens is 1. The zero-order valence-corrected chi connectivity index (χ0v) is 20.0. The minimum absolute atomic E-state index is 0.0343. The van der Waals surface area contributed by atoms with Gasteiger partial charge < -0.3 is 19.7 Å². The van der Waals surface area contributed by atoms with Crippen molar-refractivity contribution >= 4 is 29.5 Å². The van der Waals surface area contributed by atoms with Crippen LogP contribution in [0, 0.1) is 11.8 Å². The first-order valence-electron chi connectivity index (χ1n) is 11.0. The highest BCUT2D eigenvalue weighted by Crippen LogP contribution is 2.37. The molecule has 0 radical (unpaired) electrons. The summed E-state index contributed by atoms with van der Waals surface area (Å²) in [7, 11) is 1.56. The molecule has 2 amide bonds. The van der Waals surface area contributed by atoms with Gasteiger partial charge in [-0.25, -0.2) is 0 Å². The van der Waals surface area contributed by atoms with E-state index in [2.05, 4.69) is 19.2 Å². The number of carbonyl (C=O) groups excluding carboxylic acids is 2. The van der Waals surface area contributed by atoms with Crippen LogP contribution in [0.3, 0.4) is 0 Å². The second-order valence-electron chi connectivity index (χ2n) is 8.36. The summed E-state index contributed by atoms with van der Waals surface area (Å²) in [6, 6.07) is 3.70. The maximum absolute atomic E-state index is 12.6. The van der Waals surface area contributed by atoms with Crippen LogP contribution in [0.1, 0.15) is 52.5 Å². The lowest BCUT2D eigenvalue weighted by atomic mass is 9.94. The largest absolute Gasteiger partial charge is 0.493 e. The number of rotatable bonds is 9. The average molecular weight is 451 g/mol. The first-order chi connectivity index (χ1) is 14.8. The molecule has 1 fully saturated rings. The highest BCUT2D eigenvalue weighted by Gasteiger charge is 2.27. The fourth-order valence-corrected chi connectivity index (χ4v) is 3.60. The molecule has 1 aromatic carbocycles. The van der Waals surface area contributed by atoms with Crippen molar-refractivity contribution in [2.75, 3.05) is 26.8 Å². The van der Waals surface area contributed by atoms with Gasteiger partial charge in [0.2, 0.25) is 11.8 Å². The van der Waals surface area contributed by atoms with Crippen molar-refractivity contribution in [1.29, 1.82) is 0 Å². The molecule has 1 unspecified atom stereocenters. The highest BCUT2D eigenvalue weighted by atomic mass is 35.5. The van der Waals surface area contributed by atoms with Gasteiger partial charge in [-0.3, -0.25) is 9.59 Å². The minimum Gasteiger partial charge on any atom is -0.493 e. The molecule has 1 atom stereocenters. The Bertz CT molecular complexity index is 786. The number of likely N-dealkylation sites (tertiary alicyclic amines) is 1. The smallest absolute Gasteiger partial charge is 0.246 e. The van der Waals surface area contributed by atoms with Gasteiger partial charge in [-0.2, -0.15) is 0 Å². The van der Waals surface area contributed by atoms with Gasteiger partial charge in [0, 0.05) is 31.1 Å². The van der Waals surface area contributed by atoms with E-state index in [1.807, 2.05) is 13.8 Å². The molecule has 1 N–H and O–H groups in total. The van der Waals surface area contributed by atoms with Crippen LogP contribution in [0.25, 0.3) is 6.08 Å². The van der Waals surface area contributed by atoms with Crippen molar-refractivity contribution in [1.82, 2.24) is 10.2 Å².